The lowest BCUT2D eigenvalue weighted by Crippen LogP contribution is -2.41. The Hall–Kier alpha value is -2.29. The van der Waals surface area contributed by atoms with Crippen LogP contribution in [-0.2, 0) is 21.2 Å². The highest BCUT2D eigenvalue weighted by Gasteiger charge is 2.34. The summed E-state index contributed by atoms with van der Waals surface area (Å²) in [5.41, 5.74) is 1.51. The number of halogens is 1. The second-order valence-electron chi connectivity index (χ2n) is 7.02. The molecule has 0 bridgehead atoms. The number of carbonyl (C=O) groups is 1. The molecular formula is C20H21FN2O4S. The average Bonchev–Trinajstić information content (AvgIpc) is 3.04. The number of amides is 1. The molecular weight excluding hydrogens is 383 g/mol. The van der Waals surface area contributed by atoms with Crippen molar-refractivity contribution in [1.82, 2.24) is 4.31 Å². The van der Waals surface area contributed by atoms with Crippen LogP contribution in [0.3, 0.4) is 0 Å². The van der Waals surface area contributed by atoms with Gasteiger partial charge in [0.15, 0.2) is 0 Å². The third-order valence-electron chi connectivity index (χ3n) is 5.20. The van der Waals surface area contributed by atoms with Gasteiger partial charge in [0.25, 0.3) is 5.91 Å². The molecule has 1 atom stereocenters. The Bertz CT molecular complexity index is 1020. The third-order valence-corrected chi connectivity index (χ3v) is 7.10. The van der Waals surface area contributed by atoms with Gasteiger partial charge in [-0.15, -0.1) is 0 Å². The molecule has 2 aliphatic heterocycles. The van der Waals surface area contributed by atoms with E-state index in [1.807, 2.05) is 31.2 Å². The molecule has 4 rings (SSSR count). The molecule has 0 aromatic heterocycles. The highest BCUT2D eigenvalue weighted by molar-refractivity contribution is 7.89. The molecule has 1 amide bonds. The van der Waals surface area contributed by atoms with Crippen molar-refractivity contribution in [1.29, 1.82) is 0 Å². The van der Waals surface area contributed by atoms with E-state index >= 15 is 0 Å². The predicted molar refractivity (Wildman–Crippen MR) is 102 cm³/mol. The van der Waals surface area contributed by atoms with Crippen molar-refractivity contribution in [3.05, 3.63) is 59.4 Å². The van der Waals surface area contributed by atoms with E-state index < -0.39 is 21.7 Å². The van der Waals surface area contributed by atoms with Crippen LogP contribution in [0.15, 0.2) is 47.4 Å². The first-order valence-corrected chi connectivity index (χ1v) is 10.6. The van der Waals surface area contributed by atoms with E-state index in [0.29, 0.717) is 19.6 Å². The number of benzene rings is 2. The minimum atomic E-state index is -3.82. The molecule has 0 spiro atoms. The fourth-order valence-electron chi connectivity index (χ4n) is 3.77. The van der Waals surface area contributed by atoms with E-state index in [1.54, 1.807) is 4.90 Å². The van der Waals surface area contributed by atoms with Gasteiger partial charge in [0.05, 0.1) is 23.7 Å². The molecule has 6 nitrogen and oxygen atoms in total. The van der Waals surface area contributed by atoms with Crippen LogP contribution >= 0.6 is 0 Å². The normalized spacial score (nSPS) is 20.2. The zero-order chi connectivity index (χ0) is 19.9. The maximum absolute atomic E-state index is 14.5. The molecule has 0 saturated carbocycles. The Kier molecular flexibility index (Phi) is 4.95. The third kappa shape index (κ3) is 3.21. The smallest absolute Gasteiger partial charge is 0.261 e. The minimum absolute atomic E-state index is 0.0840. The van der Waals surface area contributed by atoms with Crippen molar-refractivity contribution in [3.63, 3.8) is 0 Å². The zero-order valence-electron chi connectivity index (χ0n) is 15.5. The fraction of sp³-hybridized carbons (Fsp3) is 0.350. The molecule has 2 aromatic rings. The van der Waals surface area contributed by atoms with E-state index in [2.05, 4.69) is 0 Å². The highest BCUT2D eigenvalue weighted by atomic mass is 32.2. The quantitative estimate of drug-likeness (QED) is 0.788. The first-order valence-electron chi connectivity index (χ1n) is 9.18. The van der Waals surface area contributed by atoms with Crippen molar-refractivity contribution >= 4 is 21.6 Å². The number of carbonyl (C=O) groups excluding carboxylic acids is 1. The maximum atomic E-state index is 14.5. The summed E-state index contributed by atoms with van der Waals surface area (Å²) in [7, 11) is -3.82. The topological polar surface area (TPSA) is 66.9 Å². The summed E-state index contributed by atoms with van der Waals surface area (Å²) in [6.45, 7) is 2.99. The molecule has 1 fully saturated rings. The second kappa shape index (κ2) is 7.27. The molecule has 0 aliphatic carbocycles. The van der Waals surface area contributed by atoms with Gasteiger partial charge in [-0.3, -0.25) is 4.79 Å². The number of ether oxygens (including phenoxy) is 1. The lowest BCUT2D eigenvalue weighted by Gasteiger charge is -2.26. The number of para-hydroxylation sites is 1. The van der Waals surface area contributed by atoms with Gasteiger partial charge in [-0.05, 0) is 43.2 Å². The van der Waals surface area contributed by atoms with E-state index in [4.69, 9.17) is 4.74 Å². The minimum Gasteiger partial charge on any atom is -0.379 e. The Morgan fingerprint density at radius 2 is 1.86 bits per heavy atom. The van der Waals surface area contributed by atoms with Gasteiger partial charge in [-0.25, -0.2) is 12.8 Å². The average molecular weight is 404 g/mol. The molecule has 2 heterocycles. The standard InChI is InChI=1S/C20H21FN2O4S/c1-14-12-15-4-2-3-5-19(15)23(14)20(24)17-13-16(6-7-18(17)21)28(25,26)22-8-10-27-11-9-22/h2-7,13-14H,8-12H2,1H3. The Morgan fingerprint density at radius 1 is 1.14 bits per heavy atom. The summed E-state index contributed by atoms with van der Waals surface area (Å²) >= 11 is 0. The summed E-state index contributed by atoms with van der Waals surface area (Å²) in [5, 5.41) is 0. The number of anilines is 1. The van der Waals surface area contributed by atoms with Gasteiger partial charge in [0.1, 0.15) is 5.82 Å². The van der Waals surface area contributed by atoms with Gasteiger partial charge in [-0.2, -0.15) is 4.31 Å². The number of morpholine rings is 1. The first kappa shape index (κ1) is 19.0. The van der Waals surface area contributed by atoms with Crippen molar-refractivity contribution in [2.75, 3.05) is 31.2 Å². The van der Waals surface area contributed by atoms with Gasteiger partial charge in [0, 0.05) is 24.8 Å². The summed E-state index contributed by atoms with van der Waals surface area (Å²) in [6.07, 6.45) is 0.676. The number of rotatable bonds is 3. The second-order valence-corrected chi connectivity index (χ2v) is 8.95. The Labute approximate surface area is 163 Å². The summed E-state index contributed by atoms with van der Waals surface area (Å²) in [6, 6.07) is 10.8. The van der Waals surface area contributed by atoms with E-state index in [9.17, 15) is 17.6 Å². The van der Waals surface area contributed by atoms with Crippen molar-refractivity contribution in [2.24, 2.45) is 0 Å². The van der Waals surface area contributed by atoms with E-state index in [1.165, 1.54) is 10.4 Å². The number of sulfonamides is 1. The lowest BCUT2D eigenvalue weighted by molar-refractivity contribution is 0.0730. The first-order chi connectivity index (χ1) is 13.4. The maximum Gasteiger partial charge on any atom is 0.261 e. The molecule has 0 N–H and O–H groups in total. The number of hydrogen-bond acceptors (Lipinski definition) is 4. The Morgan fingerprint density at radius 3 is 2.61 bits per heavy atom. The van der Waals surface area contributed by atoms with E-state index in [-0.39, 0.29) is 29.6 Å². The number of hydrogen-bond donors (Lipinski definition) is 0. The SMILES string of the molecule is CC1Cc2ccccc2N1C(=O)c1cc(S(=O)(=O)N2CCOCC2)ccc1F. The molecule has 0 radical (unpaired) electrons. The summed E-state index contributed by atoms with van der Waals surface area (Å²) in [4.78, 5) is 14.6. The molecule has 8 heteroatoms. The monoisotopic (exact) mass is 404 g/mol. The van der Waals surface area contributed by atoms with E-state index in [0.717, 1.165) is 23.4 Å². The van der Waals surface area contributed by atoms with Crippen LogP contribution in [0.1, 0.15) is 22.8 Å². The number of fused-ring (bicyclic) bond motifs is 1. The van der Waals surface area contributed by atoms with Crippen molar-refractivity contribution in [3.8, 4) is 0 Å². The van der Waals surface area contributed by atoms with Crippen molar-refractivity contribution in [2.45, 2.75) is 24.3 Å². The van der Waals surface area contributed by atoms with Crippen LogP contribution in [0.25, 0.3) is 0 Å². The number of nitrogens with zero attached hydrogens (tertiary/aromatic N) is 2. The summed E-state index contributed by atoms with van der Waals surface area (Å²) < 4.78 is 46.8. The zero-order valence-corrected chi connectivity index (χ0v) is 16.3. The molecule has 2 aromatic carbocycles. The lowest BCUT2D eigenvalue weighted by atomic mass is 10.1. The fourth-order valence-corrected chi connectivity index (χ4v) is 5.20. The molecule has 28 heavy (non-hydrogen) atoms. The van der Waals surface area contributed by atoms with Crippen LogP contribution in [0, 0.1) is 5.82 Å². The van der Waals surface area contributed by atoms with Crippen LogP contribution in [-0.4, -0.2) is 51.0 Å². The van der Waals surface area contributed by atoms with Crippen LogP contribution in [0.2, 0.25) is 0 Å². The van der Waals surface area contributed by atoms with Crippen molar-refractivity contribution < 1.29 is 22.3 Å². The van der Waals surface area contributed by atoms with Crippen LogP contribution in [0.4, 0.5) is 10.1 Å². The van der Waals surface area contributed by atoms with Gasteiger partial charge in [-0.1, -0.05) is 18.2 Å². The largest absolute Gasteiger partial charge is 0.379 e. The summed E-state index contributed by atoms with van der Waals surface area (Å²) in [5.74, 6) is -1.27. The molecule has 2 aliphatic rings. The highest BCUT2D eigenvalue weighted by Crippen LogP contribution is 2.34. The van der Waals surface area contributed by atoms with Crippen LogP contribution in [0.5, 0.6) is 0 Å². The molecule has 1 unspecified atom stereocenters. The van der Waals surface area contributed by atoms with Crippen LogP contribution < -0.4 is 4.90 Å². The van der Waals surface area contributed by atoms with Gasteiger partial charge < -0.3 is 9.64 Å². The Balaban J connectivity index is 1.71. The predicted octanol–water partition coefficient (Wildman–Crippen LogP) is 2.44. The molecule has 148 valence electrons. The molecule has 1 saturated heterocycles. The van der Waals surface area contributed by atoms with Gasteiger partial charge in [0.2, 0.25) is 10.0 Å². The van der Waals surface area contributed by atoms with Gasteiger partial charge >= 0.3 is 0 Å².